The maximum Gasteiger partial charge on any atom is 0.323 e. The Bertz CT molecular complexity index is 219. The minimum absolute atomic E-state index is 0.0525. The van der Waals surface area contributed by atoms with Gasteiger partial charge in [0.25, 0.3) is 0 Å². The summed E-state index contributed by atoms with van der Waals surface area (Å²) in [5, 5.41) is 0. The summed E-state index contributed by atoms with van der Waals surface area (Å²) < 4.78 is 13.9. The molecule has 0 saturated carbocycles. The van der Waals surface area contributed by atoms with Gasteiger partial charge in [0.05, 0.1) is 27.4 Å². The minimum atomic E-state index is -0.678. The fourth-order valence-corrected chi connectivity index (χ4v) is 1.09. The van der Waals surface area contributed by atoms with Gasteiger partial charge in [0.2, 0.25) is 0 Å². The molecule has 0 amide bonds. The normalized spacial score (nSPS) is 12.3. The molecule has 1 atom stereocenters. The van der Waals surface area contributed by atoms with E-state index in [0.29, 0.717) is 0 Å². The molecule has 6 heteroatoms. The lowest BCUT2D eigenvalue weighted by atomic mass is 10.2. The van der Waals surface area contributed by atoms with Crippen molar-refractivity contribution in [3.63, 3.8) is 0 Å². The van der Waals surface area contributed by atoms with Gasteiger partial charge in [0, 0.05) is 7.11 Å². The first-order valence-corrected chi connectivity index (χ1v) is 4.40. The first-order valence-electron chi connectivity index (χ1n) is 4.40. The Morgan fingerprint density at radius 2 is 1.80 bits per heavy atom. The van der Waals surface area contributed by atoms with Crippen molar-refractivity contribution >= 4 is 11.9 Å². The van der Waals surface area contributed by atoms with E-state index in [1.807, 2.05) is 0 Å². The lowest BCUT2D eigenvalue weighted by Gasteiger charge is -2.23. The monoisotopic (exact) mass is 219 g/mol. The topological polar surface area (TPSA) is 65.1 Å². The quantitative estimate of drug-likeness (QED) is 0.448. The van der Waals surface area contributed by atoms with Gasteiger partial charge in [-0.1, -0.05) is 0 Å². The SMILES string of the molecule is COCN(C)C(CC(=O)OC)C(=O)OC. The van der Waals surface area contributed by atoms with Crippen LogP contribution in [-0.2, 0) is 23.8 Å². The van der Waals surface area contributed by atoms with Crippen LogP contribution in [0.4, 0.5) is 0 Å². The average molecular weight is 219 g/mol. The first kappa shape index (κ1) is 13.9. The van der Waals surface area contributed by atoms with E-state index in [2.05, 4.69) is 9.47 Å². The lowest BCUT2D eigenvalue weighted by Crippen LogP contribution is -2.42. The van der Waals surface area contributed by atoms with Gasteiger partial charge in [-0.2, -0.15) is 0 Å². The summed E-state index contributed by atoms with van der Waals surface area (Å²) in [7, 11) is 5.71. The highest BCUT2D eigenvalue weighted by Gasteiger charge is 2.27. The molecule has 0 radical (unpaired) electrons. The van der Waals surface area contributed by atoms with Crippen LogP contribution < -0.4 is 0 Å². The summed E-state index contributed by atoms with van der Waals surface area (Å²) in [5.74, 6) is -0.951. The van der Waals surface area contributed by atoms with E-state index in [1.54, 1.807) is 11.9 Å². The van der Waals surface area contributed by atoms with Gasteiger partial charge in [-0.15, -0.1) is 0 Å². The molecule has 0 aromatic heterocycles. The van der Waals surface area contributed by atoms with Crippen LogP contribution in [0.25, 0.3) is 0 Å². The van der Waals surface area contributed by atoms with Crippen LogP contribution in [0.1, 0.15) is 6.42 Å². The molecular formula is C9H17NO5. The molecular weight excluding hydrogens is 202 g/mol. The van der Waals surface area contributed by atoms with Crippen molar-refractivity contribution in [3.8, 4) is 0 Å². The molecule has 0 spiro atoms. The third-order valence-electron chi connectivity index (χ3n) is 1.93. The van der Waals surface area contributed by atoms with Gasteiger partial charge in [0.15, 0.2) is 0 Å². The van der Waals surface area contributed by atoms with Crippen LogP contribution >= 0.6 is 0 Å². The van der Waals surface area contributed by atoms with E-state index in [0.717, 1.165) is 0 Å². The number of rotatable bonds is 6. The van der Waals surface area contributed by atoms with Gasteiger partial charge in [-0.3, -0.25) is 14.5 Å². The first-order chi connectivity index (χ1) is 7.06. The Morgan fingerprint density at radius 3 is 2.20 bits per heavy atom. The highest BCUT2D eigenvalue weighted by atomic mass is 16.5. The van der Waals surface area contributed by atoms with Gasteiger partial charge in [-0.25, -0.2) is 0 Å². The van der Waals surface area contributed by atoms with E-state index < -0.39 is 18.0 Å². The van der Waals surface area contributed by atoms with Crippen LogP contribution in [0, 0.1) is 0 Å². The maximum absolute atomic E-state index is 11.4. The summed E-state index contributed by atoms with van der Waals surface area (Å²) in [6.07, 6.45) is -0.0525. The number of likely N-dealkylation sites (N-methyl/N-ethyl adjacent to an activating group) is 1. The van der Waals surface area contributed by atoms with Crippen molar-refractivity contribution in [2.75, 3.05) is 35.1 Å². The smallest absolute Gasteiger partial charge is 0.323 e. The molecule has 0 heterocycles. The molecule has 15 heavy (non-hydrogen) atoms. The number of methoxy groups -OCH3 is 3. The fraction of sp³-hybridized carbons (Fsp3) is 0.778. The van der Waals surface area contributed by atoms with Crippen molar-refractivity contribution < 1.29 is 23.8 Å². The summed E-state index contributed by atoms with van der Waals surface area (Å²) in [6.45, 7) is 0.233. The van der Waals surface area contributed by atoms with E-state index >= 15 is 0 Å². The fourth-order valence-electron chi connectivity index (χ4n) is 1.09. The Hall–Kier alpha value is -1.14. The molecule has 1 unspecified atom stereocenters. The third kappa shape index (κ3) is 4.75. The third-order valence-corrected chi connectivity index (χ3v) is 1.93. The Morgan fingerprint density at radius 1 is 1.20 bits per heavy atom. The predicted molar refractivity (Wildman–Crippen MR) is 52.1 cm³/mol. The number of nitrogens with zero attached hydrogens (tertiary/aromatic N) is 1. The molecule has 0 aromatic carbocycles. The summed E-state index contributed by atoms with van der Waals surface area (Å²) in [4.78, 5) is 24.0. The molecule has 0 aliphatic carbocycles. The summed E-state index contributed by atoms with van der Waals surface area (Å²) >= 11 is 0. The second-order valence-corrected chi connectivity index (χ2v) is 2.99. The van der Waals surface area contributed by atoms with Crippen molar-refractivity contribution in [1.29, 1.82) is 0 Å². The molecule has 0 N–H and O–H groups in total. The van der Waals surface area contributed by atoms with Crippen molar-refractivity contribution in [3.05, 3.63) is 0 Å². The van der Waals surface area contributed by atoms with Crippen molar-refractivity contribution in [1.82, 2.24) is 4.90 Å². The molecule has 0 fully saturated rings. The van der Waals surface area contributed by atoms with Gasteiger partial charge in [-0.05, 0) is 7.05 Å². The lowest BCUT2D eigenvalue weighted by molar-refractivity contribution is -0.154. The van der Waals surface area contributed by atoms with Gasteiger partial charge >= 0.3 is 11.9 Å². The molecule has 0 aliphatic heterocycles. The highest BCUT2D eigenvalue weighted by Crippen LogP contribution is 2.05. The number of carbonyl (C=O) groups is 2. The average Bonchev–Trinajstić information content (AvgIpc) is 2.24. The van der Waals surface area contributed by atoms with Crippen LogP contribution in [0.3, 0.4) is 0 Å². The zero-order valence-electron chi connectivity index (χ0n) is 9.48. The van der Waals surface area contributed by atoms with Gasteiger partial charge in [0.1, 0.15) is 6.04 Å². The van der Waals surface area contributed by atoms with Crippen LogP contribution in [0.15, 0.2) is 0 Å². The Labute approximate surface area is 89.1 Å². The van der Waals surface area contributed by atoms with E-state index in [9.17, 15) is 9.59 Å². The molecule has 88 valence electrons. The second kappa shape index (κ2) is 7.19. The predicted octanol–water partition coefficient (Wildman–Crippen LogP) is -0.373. The van der Waals surface area contributed by atoms with Crippen LogP contribution in [0.2, 0.25) is 0 Å². The zero-order chi connectivity index (χ0) is 11.8. The van der Waals surface area contributed by atoms with E-state index in [-0.39, 0.29) is 13.2 Å². The number of carbonyl (C=O) groups excluding carboxylic acids is 2. The van der Waals surface area contributed by atoms with E-state index in [1.165, 1.54) is 21.3 Å². The van der Waals surface area contributed by atoms with Gasteiger partial charge < -0.3 is 14.2 Å². The number of hydrogen-bond acceptors (Lipinski definition) is 6. The van der Waals surface area contributed by atoms with Crippen LogP contribution in [-0.4, -0.2) is 58.0 Å². The number of ether oxygens (including phenoxy) is 3. The number of hydrogen-bond donors (Lipinski definition) is 0. The zero-order valence-corrected chi connectivity index (χ0v) is 9.48. The molecule has 0 aliphatic rings. The molecule has 0 saturated heterocycles. The maximum atomic E-state index is 11.4. The molecule has 0 bridgehead atoms. The second-order valence-electron chi connectivity index (χ2n) is 2.99. The van der Waals surface area contributed by atoms with Crippen molar-refractivity contribution in [2.45, 2.75) is 12.5 Å². The van der Waals surface area contributed by atoms with Crippen molar-refractivity contribution in [2.24, 2.45) is 0 Å². The minimum Gasteiger partial charge on any atom is -0.469 e. The Balaban J connectivity index is 4.43. The largest absolute Gasteiger partial charge is 0.469 e. The Kier molecular flexibility index (Phi) is 6.64. The summed E-state index contributed by atoms with van der Waals surface area (Å²) in [6, 6.07) is -0.678. The van der Waals surface area contributed by atoms with E-state index in [4.69, 9.17) is 4.74 Å². The standard InChI is InChI=1S/C9H17NO5/c1-10(6-13-2)7(9(12)15-4)5-8(11)14-3/h7H,5-6H2,1-4H3. The molecule has 6 nitrogen and oxygen atoms in total. The highest BCUT2D eigenvalue weighted by molar-refractivity contribution is 5.82. The molecule has 0 aromatic rings. The molecule has 0 rings (SSSR count). The number of esters is 2. The van der Waals surface area contributed by atoms with Crippen LogP contribution in [0.5, 0.6) is 0 Å². The summed E-state index contributed by atoms with van der Waals surface area (Å²) in [5.41, 5.74) is 0.